The van der Waals surface area contributed by atoms with Crippen molar-refractivity contribution in [2.45, 2.75) is 13.8 Å². The van der Waals surface area contributed by atoms with Gasteiger partial charge in [-0.05, 0) is 43.5 Å². The number of benzene rings is 1. The molecule has 28 heavy (non-hydrogen) atoms. The fraction of sp³-hybridized carbons (Fsp3) is 0.105. The SMILES string of the molecule is Cc1cc(C)nc(NNC(=O)c2nc(-c3cccs3)n(-c3ccccc3)n2)n1. The molecule has 2 N–H and O–H groups in total. The minimum Gasteiger partial charge on any atom is -0.265 e. The second kappa shape index (κ2) is 7.57. The third-order valence-corrected chi connectivity index (χ3v) is 4.69. The standard InChI is InChI=1S/C19H17N7OS/c1-12-11-13(2)21-19(20-12)24-23-18(27)16-22-17(15-9-6-10-28-15)26(25-16)14-7-4-3-5-8-14/h3-11H,1-2H3,(H,23,27)(H,20,21,24). The quantitative estimate of drug-likeness (QED) is 0.507. The first-order chi connectivity index (χ1) is 13.6. The molecule has 0 bridgehead atoms. The van der Waals surface area contributed by atoms with Gasteiger partial charge in [-0.2, -0.15) is 0 Å². The lowest BCUT2D eigenvalue weighted by Gasteiger charge is -2.06. The summed E-state index contributed by atoms with van der Waals surface area (Å²) in [5.41, 5.74) is 7.70. The molecule has 0 saturated heterocycles. The first-order valence-electron chi connectivity index (χ1n) is 8.55. The van der Waals surface area contributed by atoms with Gasteiger partial charge in [-0.15, -0.1) is 16.4 Å². The van der Waals surface area contributed by atoms with Crippen molar-refractivity contribution < 1.29 is 4.79 Å². The van der Waals surface area contributed by atoms with Gasteiger partial charge in [0.15, 0.2) is 5.82 Å². The van der Waals surface area contributed by atoms with Crippen LogP contribution in [0.2, 0.25) is 0 Å². The van der Waals surface area contributed by atoms with Gasteiger partial charge in [0, 0.05) is 11.4 Å². The largest absolute Gasteiger partial charge is 0.309 e. The third-order valence-electron chi connectivity index (χ3n) is 3.82. The van der Waals surface area contributed by atoms with Crippen molar-refractivity contribution in [1.29, 1.82) is 0 Å². The van der Waals surface area contributed by atoms with E-state index in [0.29, 0.717) is 11.8 Å². The summed E-state index contributed by atoms with van der Waals surface area (Å²) < 4.78 is 1.66. The average Bonchev–Trinajstić information content (AvgIpc) is 3.35. The minimum absolute atomic E-state index is 0.0455. The van der Waals surface area contributed by atoms with Crippen molar-refractivity contribution in [3.63, 3.8) is 0 Å². The van der Waals surface area contributed by atoms with Crippen LogP contribution in [0.25, 0.3) is 16.4 Å². The first-order valence-corrected chi connectivity index (χ1v) is 9.43. The number of hydrazine groups is 1. The molecule has 0 saturated carbocycles. The van der Waals surface area contributed by atoms with E-state index in [9.17, 15) is 4.79 Å². The maximum absolute atomic E-state index is 12.6. The Hall–Kier alpha value is -3.59. The van der Waals surface area contributed by atoms with Gasteiger partial charge in [0.25, 0.3) is 0 Å². The monoisotopic (exact) mass is 391 g/mol. The molecule has 8 nitrogen and oxygen atoms in total. The highest BCUT2D eigenvalue weighted by molar-refractivity contribution is 7.13. The minimum atomic E-state index is -0.477. The highest BCUT2D eigenvalue weighted by Crippen LogP contribution is 2.25. The van der Waals surface area contributed by atoms with E-state index in [1.165, 1.54) is 11.3 Å². The number of amides is 1. The lowest BCUT2D eigenvalue weighted by Crippen LogP contribution is -2.31. The first kappa shape index (κ1) is 17.8. The maximum Gasteiger partial charge on any atom is 0.309 e. The normalized spacial score (nSPS) is 10.6. The fourth-order valence-corrected chi connectivity index (χ4v) is 3.37. The van der Waals surface area contributed by atoms with Crippen LogP contribution in [0.4, 0.5) is 5.95 Å². The second-order valence-electron chi connectivity index (χ2n) is 6.04. The number of hydrogen-bond donors (Lipinski definition) is 2. The number of hydrogen-bond acceptors (Lipinski definition) is 7. The van der Waals surface area contributed by atoms with E-state index < -0.39 is 5.91 Å². The molecule has 0 radical (unpaired) electrons. The molecule has 0 aliphatic carbocycles. The lowest BCUT2D eigenvalue weighted by molar-refractivity contribution is 0.0952. The number of thiophene rings is 1. The lowest BCUT2D eigenvalue weighted by atomic mass is 10.3. The van der Waals surface area contributed by atoms with Gasteiger partial charge in [0.1, 0.15) is 0 Å². The Kier molecular flexibility index (Phi) is 4.81. The van der Waals surface area contributed by atoms with E-state index in [1.54, 1.807) is 4.68 Å². The number of carbonyl (C=O) groups excluding carboxylic acids is 1. The Morgan fingerprint density at radius 3 is 2.43 bits per heavy atom. The molecule has 140 valence electrons. The van der Waals surface area contributed by atoms with Crippen molar-refractivity contribution in [2.75, 3.05) is 5.43 Å². The van der Waals surface area contributed by atoms with E-state index in [4.69, 9.17) is 0 Å². The summed E-state index contributed by atoms with van der Waals surface area (Å²) in [6.07, 6.45) is 0. The summed E-state index contributed by atoms with van der Waals surface area (Å²) in [6, 6.07) is 15.3. The Labute approximate surface area is 165 Å². The van der Waals surface area contributed by atoms with Crippen LogP contribution in [0, 0.1) is 13.8 Å². The highest BCUT2D eigenvalue weighted by Gasteiger charge is 2.19. The van der Waals surface area contributed by atoms with Gasteiger partial charge < -0.3 is 0 Å². The van der Waals surface area contributed by atoms with Crippen LogP contribution < -0.4 is 10.9 Å². The number of anilines is 1. The molecule has 0 fully saturated rings. The second-order valence-corrected chi connectivity index (χ2v) is 6.98. The molecule has 4 rings (SSSR count). The maximum atomic E-state index is 12.6. The van der Waals surface area contributed by atoms with Crippen LogP contribution in [0.1, 0.15) is 22.0 Å². The Morgan fingerprint density at radius 1 is 1.00 bits per heavy atom. The van der Waals surface area contributed by atoms with Crippen LogP contribution in [0.15, 0.2) is 53.9 Å². The molecular weight excluding hydrogens is 374 g/mol. The summed E-state index contributed by atoms with van der Waals surface area (Å²) in [5.74, 6) is 0.486. The van der Waals surface area contributed by atoms with Crippen LogP contribution in [-0.4, -0.2) is 30.6 Å². The van der Waals surface area contributed by atoms with Crippen LogP contribution in [0.5, 0.6) is 0 Å². The van der Waals surface area contributed by atoms with Gasteiger partial charge in [-0.1, -0.05) is 24.3 Å². The molecule has 3 aromatic heterocycles. The highest BCUT2D eigenvalue weighted by atomic mass is 32.1. The zero-order valence-electron chi connectivity index (χ0n) is 15.2. The molecule has 0 unspecified atom stereocenters. The number of aryl methyl sites for hydroxylation is 2. The van der Waals surface area contributed by atoms with Crippen molar-refractivity contribution in [3.05, 3.63) is 71.1 Å². The topological polar surface area (TPSA) is 97.6 Å². The third kappa shape index (κ3) is 3.74. The number of nitrogens with one attached hydrogen (secondary N) is 2. The Bertz CT molecular complexity index is 1090. The van der Waals surface area contributed by atoms with Crippen molar-refractivity contribution in [1.82, 2.24) is 30.2 Å². The molecule has 1 amide bonds. The fourth-order valence-electron chi connectivity index (χ4n) is 2.67. The molecule has 0 aliphatic heterocycles. The van der Waals surface area contributed by atoms with E-state index >= 15 is 0 Å². The zero-order chi connectivity index (χ0) is 19.5. The predicted octanol–water partition coefficient (Wildman–Crippen LogP) is 3.16. The summed E-state index contributed by atoms with van der Waals surface area (Å²) in [7, 11) is 0. The number of aromatic nitrogens is 5. The van der Waals surface area contributed by atoms with Crippen LogP contribution >= 0.6 is 11.3 Å². The van der Waals surface area contributed by atoms with Crippen LogP contribution in [0.3, 0.4) is 0 Å². The van der Waals surface area contributed by atoms with Crippen molar-refractivity contribution >= 4 is 23.2 Å². The van der Waals surface area contributed by atoms with Gasteiger partial charge in [0.05, 0.1) is 10.6 Å². The molecule has 4 aromatic rings. The molecule has 0 atom stereocenters. The number of carbonyl (C=O) groups is 1. The van der Waals surface area contributed by atoms with Gasteiger partial charge in [0.2, 0.25) is 11.8 Å². The average molecular weight is 391 g/mol. The molecule has 9 heteroatoms. The van der Waals surface area contributed by atoms with Crippen LogP contribution in [-0.2, 0) is 0 Å². The Balaban J connectivity index is 1.61. The summed E-state index contributed by atoms with van der Waals surface area (Å²) >= 11 is 1.53. The molecular formula is C19H17N7OS. The molecule has 0 aliphatic rings. The number of para-hydroxylation sites is 1. The van der Waals surface area contributed by atoms with E-state index in [2.05, 4.69) is 30.9 Å². The van der Waals surface area contributed by atoms with Gasteiger partial charge in [-0.3, -0.25) is 15.6 Å². The smallest absolute Gasteiger partial charge is 0.265 e. The molecule has 1 aromatic carbocycles. The van der Waals surface area contributed by atoms with Gasteiger partial charge in [-0.25, -0.2) is 19.6 Å². The van der Waals surface area contributed by atoms with Crippen molar-refractivity contribution in [2.24, 2.45) is 0 Å². The summed E-state index contributed by atoms with van der Waals surface area (Å²) in [5, 5.41) is 6.36. The predicted molar refractivity (Wildman–Crippen MR) is 107 cm³/mol. The number of nitrogens with zero attached hydrogens (tertiary/aromatic N) is 5. The summed E-state index contributed by atoms with van der Waals surface area (Å²) in [6.45, 7) is 3.72. The van der Waals surface area contributed by atoms with Gasteiger partial charge >= 0.3 is 5.91 Å². The van der Waals surface area contributed by atoms with Crippen molar-refractivity contribution in [3.8, 4) is 16.4 Å². The number of rotatable bonds is 5. The summed E-state index contributed by atoms with van der Waals surface area (Å²) in [4.78, 5) is 26.4. The van der Waals surface area contributed by atoms with E-state index in [1.807, 2.05) is 67.8 Å². The zero-order valence-corrected chi connectivity index (χ0v) is 16.1. The molecule has 3 heterocycles. The molecule has 0 spiro atoms. The van der Waals surface area contributed by atoms with E-state index in [0.717, 1.165) is 22.0 Å². The van der Waals surface area contributed by atoms with E-state index in [-0.39, 0.29) is 5.82 Å². The Morgan fingerprint density at radius 2 is 1.75 bits per heavy atom.